The second kappa shape index (κ2) is 8.26. The minimum Gasteiger partial charge on any atom is -0.462 e. The number of halogens is 2. The second-order valence-corrected chi connectivity index (χ2v) is 7.21. The minimum absolute atomic E-state index is 0. The monoisotopic (exact) mass is 412 g/mol. The summed E-state index contributed by atoms with van der Waals surface area (Å²) in [5.74, 6) is -0.477. The van der Waals surface area contributed by atoms with Crippen LogP contribution in [0, 0.1) is 0 Å². The number of carbonyl (C=O) groups excluding carboxylic acids is 1. The molecule has 1 aromatic carbocycles. The zero-order chi connectivity index (χ0) is 15.5. The molecule has 0 amide bonds. The summed E-state index contributed by atoms with van der Waals surface area (Å²) in [6.45, 7) is 3.41. The maximum atomic E-state index is 12.3. The van der Waals surface area contributed by atoms with E-state index in [4.69, 9.17) is 4.74 Å². The summed E-state index contributed by atoms with van der Waals surface area (Å²) >= 11 is 3.21. The second-order valence-electron chi connectivity index (χ2n) is 4.68. The first-order valence-electron chi connectivity index (χ1n) is 6.63. The van der Waals surface area contributed by atoms with Crippen molar-refractivity contribution in [2.45, 2.75) is 24.3 Å². The molecular formula is C13H18BrClN2O4S. The van der Waals surface area contributed by atoms with Crippen molar-refractivity contribution in [3.63, 3.8) is 0 Å². The Morgan fingerprint density at radius 2 is 2.23 bits per heavy atom. The largest absolute Gasteiger partial charge is 0.462 e. The third-order valence-electron chi connectivity index (χ3n) is 3.11. The molecule has 0 aromatic heterocycles. The summed E-state index contributed by atoms with van der Waals surface area (Å²) < 4.78 is 32.5. The van der Waals surface area contributed by atoms with Crippen molar-refractivity contribution in [3.05, 3.63) is 28.2 Å². The average Bonchev–Trinajstić information content (AvgIpc) is 2.90. The predicted octanol–water partition coefficient (Wildman–Crippen LogP) is 1.69. The van der Waals surface area contributed by atoms with Crippen molar-refractivity contribution in [1.82, 2.24) is 10.0 Å². The fraction of sp³-hybridized carbons (Fsp3) is 0.462. The van der Waals surface area contributed by atoms with E-state index in [1.165, 1.54) is 18.2 Å². The van der Waals surface area contributed by atoms with Gasteiger partial charge in [-0.25, -0.2) is 17.9 Å². The molecule has 2 N–H and O–H groups in total. The Balaban J connectivity index is 0.00000242. The normalized spacial score (nSPS) is 17.8. The number of hydrogen-bond donors (Lipinski definition) is 2. The van der Waals surface area contributed by atoms with Gasteiger partial charge in [0, 0.05) is 17.1 Å². The van der Waals surface area contributed by atoms with Crippen LogP contribution in [-0.2, 0) is 14.8 Å². The molecule has 1 aliphatic heterocycles. The topological polar surface area (TPSA) is 84.5 Å². The number of carbonyl (C=O) groups is 1. The van der Waals surface area contributed by atoms with Gasteiger partial charge >= 0.3 is 5.97 Å². The van der Waals surface area contributed by atoms with E-state index < -0.39 is 16.0 Å². The lowest BCUT2D eigenvalue weighted by Gasteiger charge is -2.13. The van der Waals surface area contributed by atoms with E-state index in [-0.39, 0.29) is 30.0 Å². The highest BCUT2D eigenvalue weighted by molar-refractivity contribution is 9.10. The average molecular weight is 414 g/mol. The highest BCUT2D eigenvalue weighted by atomic mass is 79.9. The van der Waals surface area contributed by atoms with Crippen LogP contribution < -0.4 is 10.0 Å². The first-order valence-corrected chi connectivity index (χ1v) is 8.91. The Hall–Kier alpha value is -0.670. The highest BCUT2D eigenvalue weighted by Gasteiger charge is 2.25. The third kappa shape index (κ3) is 4.66. The molecule has 1 unspecified atom stereocenters. The maximum Gasteiger partial charge on any atom is 0.338 e. The van der Waals surface area contributed by atoms with E-state index in [0.29, 0.717) is 16.6 Å². The van der Waals surface area contributed by atoms with Gasteiger partial charge in [-0.05, 0) is 54.0 Å². The number of hydrogen-bond acceptors (Lipinski definition) is 5. The molecule has 0 bridgehead atoms. The number of benzene rings is 1. The van der Waals surface area contributed by atoms with E-state index in [2.05, 4.69) is 26.0 Å². The molecule has 1 aliphatic rings. The molecule has 9 heteroatoms. The molecule has 0 spiro atoms. The molecule has 1 heterocycles. The molecule has 1 aromatic rings. The van der Waals surface area contributed by atoms with Gasteiger partial charge in [0.25, 0.3) is 0 Å². The van der Waals surface area contributed by atoms with Crippen molar-refractivity contribution < 1.29 is 17.9 Å². The van der Waals surface area contributed by atoms with Crippen LogP contribution in [0.25, 0.3) is 0 Å². The van der Waals surface area contributed by atoms with Crippen LogP contribution in [0.5, 0.6) is 0 Å². The Kier molecular flexibility index (Phi) is 7.27. The summed E-state index contributed by atoms with van der Waals surface area (Å²) in [4.78, 5) is 11.7. The predicted molar refractivity (Wildman–Crippen MR) is 88.9 cm³/mol. The Morgan fingerprint density at radius 1 is 1.50 bits per heavy atom. The van der Waals surface area contributed by atoms with Crippen LogP contribution in [0.15, 0.2) is 27.6 Å². The van der Waals surface area contributed by atoms with Crippen LogP contribution in [0.2, 0.25) is 0 Å². The van der Waals surface area contributed by atoms with Gasteiger partial charge in [0.2, 0.25) is 10.0 Å². The number of ether oxygens (including phenoxy) is 1. The molecule has 2 rings (SSSR count). The van der Waals surface area contributed by atoms with E-state index in [1.807, 2.05) is 0 Å². The smallest absolute Gasteiger partial charge is 0.338 e. The molecule has 0 saturated carbocycles. The van der Waals surface area contributed by atoms with Crippen LogP contribution >= 0.6 is 28.3 Å². The van der Waals surface area contributed by atoms with Crippen LogP contribution in [0.4, 0.5) is 0 Å². The maximum absolute atomic E-state index is 12.3. The van der Waals surface area contributed by atoms with E-state index in [9.17, 15) is 13.2 Å². The quantitative estimate of drug-likeness (QED) is 0.718. The fourth-order valence-electron chi connectivity index (χ4n) is 2.10. The van der Waals surface area contributed by atoms with E-state index >= 15 is 0 Å². The van der Waals surface area contributed by atoms with Gasteiger partial charge in [-0.1, -0.05) is 0 Å². The van der Waals surface area contributed by atoms with E-state index in [1.54, 1.807) is 6.92 Å². The molecule has 124 valence electrons. The van der Waals surface area contributed by atoms with Crippen molar-refractivity contribution >= 4 is 44.3 Å². The minimum atomic E-state index is -3.62. The first-order chi connectivity index (χ1) is 9.94. The molecule has 1 atom stereocenters. The molecule has 22 heavy (non-hydrogen) atoms. The molecule has 1 saturated heterocycles. The van der Waals surface area contributed by atoms with Gasteiger partial charge in [0.15, 0.2) is 0 Å². The van der Waals surface area contributed by atoms with Crippen molar-refractivity contribution in [1.29, 1.82) is 0 Å². The Labute approximate surface area is 144 Å². The van der Waals surface area contributed by atoms with Gasteiger partial charge in [-0.15, -0.1) is 12.4 Å². The standard InChI is InChI=1S/C13H17BrN2O4S.ClH/c1-2-20-13(17)9-3-4-12(11(14)7-9)21(18,19)16-10-5-6-15-8-10;/h3-4,7,10,15-16H,2,5-6,8H2,1H3;1H. The molecule has 6 nitrogen and oxygen atoms in total. The molecular weight excluding hydrogens is 396 g/mol. The summed E-state index contributed by atoms with van der Waals surface area (Å²) in [6, 6.07) is 4.21. The Morgan fingerprint density at radius 3 is 2.77 bits per heavy atom. The summed E-state index contributed by atoms with van der Waals surface area (Å²) in [5, 5.41) is 3.10. The zero-order valence-electron chi connectivity index (χ0n) is 12.0. The highest BCUT2D eigenvalue weighted by Crippen LogP contribution is 2.24. The lowest BCUT2D eigenvalue weighted by molar-refractivity contribution is 0.0526. The van der Waals surface area contributed by atoms with Gasteiger partial charge in [0.05, 0.1) is 17.1 Å². The SMILES string of the molecule is CCOC(=O)c1ccc(S(=O)(=O)NC2CCNC2)c(Br)c1.Cl. The number of sulfonamides is 1. The van der Waals surface area contributed by atoms with Crippen LogP contribution in [-0.4, -0.2) is 40.1 Å². The summed E-state index contributed by atoms with van der Waals surface area (Å²) in [6.07, 6.45) is 0.762. The van der Waals surface area contributed by atoms with Crippen LogP contribution in [0.3, 0.4) is 0 Å². The first kappa shape index (κ1) is 19.4. The lowest BCUT2D eigenvalue weighted by Crippen LogP contribution is -2.36. The summed E-state index contributed by atoms with van der Waals surface area (Å²) in [7, 11) is -3.62. The lowest BCUT2D eigenvalue weighted by atomic mass is 10.2. The number of nitrogens with one attached hydrogen (secondary N) is 2. The fourth-order valence-corrected chi connectivity index (χ4v) is 4.45. The van der Waals surface area contributed by atoms with E-state index in [0.717, 1.165) is 13.0 Å². The summed E-state index contributed by atoms with van der Waals surface area (Å²) in [5.41, 5.74) is 0.310. The Bertz CT molecular complexity index is 633. The van der Waals surface area contributed by atoms with Crippen molar-refractivity contribution in [2.75, 3.05) is 19.7 Å². The molecule has 1 fully saturated rings. The van der Waals surface area contributed by atoms with Crippen molar-refractivity contribution in [2.24, 2.45) is 0 Å². The van der Waals surface area contributed by atoms with Crippen molar-refractivity contribution in [3.8, 4) is 0 Å². The zero-order valence-corrected chi connectivity index (χ0v) is 15.2. The van der Waals surface area contributed by atoms with Gasteiger partial charge < -0.3 is 10.1 Å². The van der Waals surface area contributed by atoms with Gasteiger partial charge in [-0.3, -0.25) is 0 Å². The number of esters is 1. The van der Waals surface area contributed by atoms with Crippen LogP contribution in [0.1, 0.15) is 23.7 Å². The molecule has 0 radical (unpaired) electrons. The number of rotatable bonds is 5. The van der Waals surface area contributed by atoms with Gasteiger partial charge in [0.1, 0.15) is 0 Å². The van der Waals surface area contributed by atoms with Gasteiger partial charge in [-0.2, -0.15) is 0 Å². The molecule has 0 aliphatic carbocycles. The third-order valence-corrected chi connectivity index (χ3v) is 5.61.